The lowest BCUT2D eigenvalue weighted by atomic mass is 10.2. The molecule has 1 fully saturated rings. The average molecular weight is 357 g/mol. The number of hydrogen-bond donors (Lipinski definition) is 1. The van der Waals surface area contributed by atoms with Gasteiger partial charge >= 0.3 is 6.03 Å². The number of nitrogens with zero attached hydrogens (tertiary/aromatic N) is 4. The molecule has 1 N–H and O–H groups in total. The Hall–Kier alpha value is -2.54. The lowest BCUT2D eigenvalue weighted by molar-refractivity contribution is 0.143. The Bertz CT molecular complexity index is 705. The fourth-order valence-corrected chi connectivity index (χ4v) is 3.03. The maximum atomic E-state index is 12.4. The second-order valence-electron chi connectivity index (χ2n) is 6.36. The van der Waals surface area contributed by atoms with Gasteiger partial charge < -0.3 is 15.0 Å². The highest BCUT2D eigenvalue weighted by atomic mass is 16.5. The van der Waals surface area contributed by atoms with Gasteiger partial charge in [-0.05, 0) is 31.5 Å². The van der Waals surface area contributed by atoms with E-state index in [2.05, 4.69) is 27.4 Å². The molecule has 2 aromatic rings. The Balaban J connectivity index is 1.45. The Kier molecular flexibility index (Phi) is 6.12. The van der Waals surface area contributed by atoms with Gasteiger partial charge in [-0.3, -0.25) is 9.58 Å². The summed E-state index contributed by atoms with van der Waals surface area (Å²) in [5.41, 5.74) is 2.01. The summed E-state index contributed by atoms with van der Waals surface area (Å²) in [5.74, 6) is 0.907. The molecule has 0 saturated carbocycles. The molecule has 1 saturated heterocycles. The van der Waals surface area contributed by atoms with Gasteiger partial charge in [0, 0.05) is 45.5 Å². The number of aromatic nitrogens is 2. The van der Waals surface area contributed by atoms with Gasteiger partial charge in [0.05, 0.1) is 18.5 Å². The summed E-state index contributed by atoms with van der Waals surface area (Å²) >= 11 is 0. The Morgan fingerprint density at radius 1 is 1.15 bits per heavy atom. The van der Waals surface area contributed by atoms with Crippen molar-refractivity contribution < 1.29 is 9.53 Å². The number of aryl methyl sites for hydroxylation is 1. The van der Waals surface area contributed by atoms with Gasteiger partial charge in [0.25, 0.3) is 0 Å². The van der Waals surface area contributed by atoms with Crippen LogP contribution in [0.15, 0.2) is 36.7 Å². The highest BCUT2D eigenvalue weighted by Gasteiger charge is 2.21. The van der Waals surface area contributed by atoms with E-state index in [9.17, 15) is 4.79 Å². The molecule has 0 bridgehead atoms. The average Bonchev–Trinajstić information content (AvgIpc) is 3.12. The SMILES string of the molecule is CCOc1ccc(CN2CCN(C(=O)Nc3cnn(CC)c3)CC2)cc1. The van der Waals surface area contributed by atoms with Crippen LogP contribution in [0.3, 0.4) is 0 Å². The lowest BCUT2D eigenvalue weighted by Gasteiger charge is -2.34. The zero-order valence-electron chi connectivity index (χ0n) is 15.5. The molecular weight excluding hydrogens is 330 g/mol. The highest BCUT2D eigenvalue weighted by molar-refractivity contribution is 5.89. The zero-order valence-corrected chi connectivity index (χ0v) is 15.5. The summed E-state index contributed by atoms with van der Waals surface area (Å²) in [6.45, 7) is 9.56. The van der Waals surface area contributed by atoms with Gasteiger partial charge in [-0.15, -0.1) is 0 Å². The van der Waals surface area contributed by atoms with Gasteiger partial charge in [-0.1, -0.05) is 12.1 Å². The predicted molar refractivity (Wildman–Crippen MR) is 101 cm³/mol. The number of carbonyl (C=O) groups is 1. The van der Waals surface area contributed by atoms with Crippen LogP contribution in [0.25, 0.3) is 0 Å². The van der Waals surface area contributed by atoms with Gasteiger partial charge in [0.15, 0.2) is 0 Å². The summed E-state index contributed by atoms with van der Waals surface area (Å²) in [6, 6.07) is 8.18. The van der Waals surface area contributed by atoms with Crippen LogP contribution in [0.2, 0.25) is 0 Å². The first-order valence-corrected chi connectivity index (χ1v) is 9.20. The van der Waals surface area contributed by atoms with E-state index in [-0.39, 0.29) is 6.03 Å². The molecule has 26 heavy (non-hydrogen) atoms. The molecule has 1 aromatic carbocycles. The molecule has 7 nitrogen and oxygen atoms in total. The fraction of sp³-hybridized carbons (Fsp3) is 0.474. The standard InChI is InChI=1S/C19H27N5O2/c1-3-24-15-17(13-20-24)21-19(25)23-11-9-22(10-12-23)14-16-5-7-18(8-6-16)26-4-2/h5-8,13,15H,3-4,9-12,14H2,1-2H3,(H,21,25). The Morgan fingerprint density at radius 2 is 1.88 bits per heavy atom. The number of piperazine rings is 1. The van der Waals surface area contributed by atoms with Crippen LogP contribution in [0.5, 0.6) is 5.75 Å². The smallest absolute Gasteiger partial charge is 0.322 e. The van der Waals surface area contributed by atoms with Gasteiger partial charge in [-0.2, -0.15) is 5.10 Å². The Labute approximate surface area is 154 Å². The van der Waals surface area contributed by atoms with Crippen LogP contribution < -0.4 is 10.1 Å². The topological polar surface area (TPSA) is 62.6 Å². The van der Waals surface area contributed by atoms with Crippen LogP contribution in [-0.4, -0.2) is 58.4 Å². The van der Waals surface area contributed by atoms with Crippen molar-refractivity contribution in [3.8, 4) is 5.75 Å². The molecule has 2 heterocycles. The van der Waals surface area contributed by atoms with Crippen LogP contribution in [-0.2, 0) is 13.1 Å². The molecule has 0 radical (unpaired) electrons. The van der Waals surface area contributed by atoms with E-state index in [1.54, 1.807) is 10.9 Å². The number of rotatable bonds is 6. The Morgan fingerprint density at radius 3 is 2.50 bits per heavy atom. The van der Waals surface area contributed by atoms with E-state index >= 15 is 0 Å². The quantitative estimate of drug-likeness (QED) is 0.863. The molecule has 2 amide bonds. The number of carbonyl (C=O) groups excluding carboxylic acids is 1. The molecule has 1 aliphatic rings. The maximum Gasteiger partial charge on any atom is 0.322 e. The van der Waals surface area contributed by atoms with Crippen LogP contribution in [0.1, 0.15) is 19.4 Å². The molecule has 7 heteroatoms. The summed E-state index contributed by atoms with van der Waals surface area (Å²) in [4.78, 5) is 16.6. The van der Waals surface area contributed by atoms with Gasteiger partial charge in [0.2, 0.25) is 0 Å². The predicted octanol–water partition coefficient (Wildman–Crippen LogP) is 2.65. The monoisotopic (exact) mass is 357 g/mol. The van der Waals surface area contributed by atoms with Crippen LogP contribution >= 0.6 is 0 Å². The van der Waals surface area contributed by atoms with Crippen molar-refractivity contribution in [3.05, 3.63) is 42.2 Å². The van der Waals surface area contributed by atoms with Crippen molar-refractivity contribution >= 4 is 11.7 Å². The highest BCUT2D eigenvalue weighted by Crippen LogP contribution is 2.15. The van der Waals surface area contributed by atoms with Crippen molar-refractivity contribution in [1.82, 2.24) is 19.6 Å². The third-order valence-corrected chi connectivity index (χ3v) is 4.51. The van der Waals surface area contributed by atoms with E-state index in [0.29, 0.717) is 6.61 Å². The van der Waals surface area contributed by atoms with Crippen molar-refractivity contribution in [2.24, 2.45) is 0 Å². The number of hydrogen-bond acceptors (Lipinski definition) is 4. The van der Waals surface area contributed by atoms with Crippen LogP contribution in [0.4, 0.5) is 10.5 Å². The van der Waals surface area contributed by atoms with E-state index in [4.69, 9.17) is 4.74 Å². The molecule has 0 atom stereocenters. The minimum absolute atomic E-state index is 0.0543. The van der Waals surface area contributed by atoms with E-state index < -0.39 is 0 Å². The molecule has 0 spiro atoms. The number of benzene rings is 1. The minimum Gasteiger partial charge on any atom is -0.494 e. The van der Waals surface area contributed by atoms with E-state index in [0.717, 1.165) is 50.7 Å². The molecule has 3 rings (SSSR count). The normalized spacial score (nSPS) is 15.1. The summed E-state index contributed by atoms with van der Waals surface area (Å²) in [5, 5.41) is 7.10. The maximum absolute atomic E-state index is 12.4. The largest absolute Gasteiger partial charge is 0.494 e. The fourth-order valence-electron chi connectivity index (χ4n) is 3.03. The number of amides is 2. The molecular formula is C19H27N5O2. The van der Waals surface area contributed by atoms with E-state index in [1.165, 1.54) is 5.56 Å². The van der Waals surface area contributed by atoms with Gasteiger partial charge in [0.1, 0.15) is 5.75 Å². The molecule has 1 aliphatic heterocycles. The second kappa shape index (κ2) is 8.71. The van der Waals surface area contributed by atoms with E-state index in [1.807, 2.05) is 37.1 Å². The van der Waals surface area contributed by atoms with Crippen molar-refractivity contribution in [3.63, 3.8) is 0 Å². The van der Waals surface area contributed by atoms with Crippen LogP contribution in [0, 0.1) is 0 Å². The summed E-state index contributed by atoms with van der Waals surface area (Å²) < 4.78 is 7.27. The molecule has 0 aliphatic carbocycles. The number of nitrogens with one attached hydrogen (secondary N) is 1. The third-order valence-electron chi connectivity index (χ3n) is 4.51. The minimum atomic E-state index is -0.0543. The number of anilines is 1. The van der Waals surface area contributed by atoms with Gasteiger partial charge in [-0.25, -0.2) is 4.79 Å². The lowest BCUT2D eigenvalue weighted by Crippen LogP contribution is -2.49. The first kappa shape index (κ1) is 18.3. The number of ether oxygens (including phenoxy) is 1. The van der Waals surface area contributed by atoms with Crippen molar-refractivity contribution in [2.45, 2.75) is 26.9 Å². The third kappa shape index (κ3) is 4.76. The van der Waals surface area contributed by atoms with Crippen molar-refractivity contribution in [1.29, 1.82) is 0 Å². The molecule has 0 unspecified atom stereocenters. The first-order chi connectivity index (χ1) is 12.7. The molecule has 140 valence electrons. The second-order valence-corrected chi connectivity index (χ2v) is 6.36. The van der Waals surface area contributed by atoms with Crippen molar-refractivity contribution in [2.75, 3.05) is 38.1 Å². The summed E-state index contributed by atoms with van der Waals surface area (Å²) in [6.07, 6.45) is 3.53. The zero-order chi connectivity index (χ0) is 18.4. The summed E-state index contributed by atoms with van der Waals surface area (Å²) in [7, 11) is 0. The first-order valence-electron chi connectivity index (χ1n) is 9.20. The molecule has 1 aromatic heterocycles. The number of urea groups is 1.